The third-order valence-corrected chi connectivity index (χ3v) is 4.05. The van der Waals surface area contributed by atoms with E-state index < -0.39 is 11.9 Å². The molecule has 1 amide bonds. The van der Waals surface area contributed by atoms with Gasteiger partial charge in [-0.1, -0.05) is 29.3 Å². The first-order valence-corrected chi connectivity index (χ1v) is 7.80. The topological polar surface area (TPSA) is 47.6 Å². The lowest BCUT2D eigenvalue weighted by Gasteiger charge is -2.16. The van der Waals surface area contributed by atoms with Crippen molar-refractivity contribution in [2.75, 3.05) is 14.2 Å². The van der Waals surface area contributed by atoms with Crippen molar-refractivity contribution in [2.45, 2.75) is 13.0 Å². The summed E-state index contributed by atoms with van der Waals surface area (Å²) in [5.41, 5.74) is 0.888. The summed E-state index contributed by atoms with van der Waals surface area (Å²) in [6.45, 7) is 1.74. The van der Waals surface area contributed by atoms with E-state index in [0.717, 1.165) is 0 Å². The predicted molar refractivity (Wildman–Crippen MR) is 91.8 cm³/mol. The molecule has 0 spiro atoms. The zero-order valence-electron chi connectivity index (χ0n) is 13.3. The summed E-state index contributed by atoms with van der Waals surface area (Å²) in [4.78, 5) is 12.4. The second-order valence-electron chi connectivity index (χ2n) is 5.06. The first kappa shape index (κ1) is 18.4. The molecule has 0 radical (unpaired) electrons. The molecule has 1 N–H and O–H groups in total. The molecular formula is C17H16Cl2FNO3. The monoisotopic (exact) mass is 371 g/mol. The SMILES string of the molecule is COc1ccc([C@@H](C)NC(=O)c2cc(Cl)c(OC)c(Cl)c2)cc1F. The van der Waals surface area contributed by atoms with Crippen LogP contribution in [0.5, 0.6) is 11.5 Å². The highest BCUT2D eigenvalue weighted by molar-refractivity contribution is 6.37. The number of amides is 1. The van der Waals surface area contributed by atoms with E-state index in [9.17, 15) is 9.18 Å². The molecule has 2 rings (SSSR count). The Morgan fingerprint density at radius 3 is 2.25 bits per heavy atom. The fourth-order valence-electron chi connectivity index (χ4n) is 2.20. The minimum Gasteiger partial charge on any atom is -0.494 e. The minimum absolute atomic E-state index is 0.144. The normalized spacial score (nSPS) is 11.8. The van der Waals surface area contributed by atoms with Gasteiger partial charge in [0, 0.05) is 5.56 Å². The maximum atomic E-state index is 13.8. The Bertz CT molecular complexity index is 744. The quantitative estimate of drug-likeness (QED) is 0.832. The number of benzene rings is 2. The number of hydrogen-bond acceptors (Lipinski definition) is 3. The van der Waals surface area contributed by atoms with Gasteiger partial charge >= 0.3 is 0 Å². The number of rotatable bonds is 5. The van der Waals surface area contributed by atoms with Crippen molar-refractivity contribution in [3.63, 3.8) is 0 Å². The Labute approximate surface area is 149 Å². The number of nitrogens with one attached hydrogen (secondary N) is 1. The van der Waals surface area contributed by atoms with E-state index in [1.54, 1.807) is 13.0 Å². The summed E-state index contributed by atoms with van der Waals surface area (Å²) in [6, 6.07) is 7.01. The van der Waals surface area contributed by atoms with Crippen molar-refractivity contribution in [3.05, 3.63) is 57.3 Å². The van der Waals surface area contributed by atoms with Crippen molar-refractivity contribution in [1.29, 1.82) is 0 Å². The van der Waals surface area contributed by atoms with Gasteiger partial charge < -0.3 is 14.8 Å². The summed E-state index contributed by atoms with van der Waals surface area (Å²) in [5.74, 6) is -0.428. The van der Waals surface area contributed by atoms with Crippen LogP contribution in [-0.2, 0) is 0 Å². The van der Waals surface area contributed by atoms with Crippen molar-refractivity contribution < 1.29 is 18.7 Å². The minimum atomic E-state index is -0.494. The molecule has 0 saturated heterocycles. The lowest BCUT2D eigenvalue weighted by Crippen LogP contribution is -2.26. The van der Waals surface area contributed by atoms with Crippen LogP contribution in [0.1, 0.15) is 28.9 Å². The zero-order chi connectivity index (χ0) is 17.9. The molecule has 24 heavy (non-hydrogen) atoms. The molecule has 0 unspecified atom stereocenters. The van der Waals surface area contributed by atoms with Crippen LogP contribution in [0.25, 0.3) is 0 Å². The van der Waals surface area contributed by atoms with Gasteiger partial charge in [-0.3, -0.25) is 4.79 Å². The molecule has 2 aromatic carbocycles. The summed E-state index contributed by atoms with van der Waals surface area (Å²) >= 11 is 12.1. The maximum Gasteiger partial charge on any atom is 0.251 e. The van der Waals surface area contributed by atoms with Gasteiger partial charge in [-0.05, 0) is 36.8 Å². The number of methoxy groups -OCH3 is 2. The molecule has 4 nitrogen and oxygen atoms in total. The molecule has 1 atom stereocenters. The molecule has 7 heteroatoms. The Kier molecular flexibility index (Phi) is 5.91. The molecule has 128 valence electrons. The second kappa shape index (κ2) is 7.73. The molecule has 0 saturated carbocycles. The van der Waals surface area contributed by atoms with Crippen molar-refractivity contribution in [2.24, 2.45) is 0 Å². The average Bonchev–Trinajstić information content (AvgIpc) is 2.54. The average molecular weight is 372 g/mol. The van der Waals surface area contributed by atoms with Crippen LogP contribution in [-0.4, -0.2) is 20.1 Å². The summed E-state index contributed by atoms with van der Waals surface area (Å²) in [7, 11) is 2.83. The van der Waals surface area contributed by atoms with E-state index in [0.29, 0.717) is 11.3 Å². The van der Waals surface area contributed by atoms with E-state index in [2.05, 4.69) is 5.32 Å². The summed E-state index contributed by atoms with van der Waals surface area (Å²) in [5, 5.41) is 3.23. The van der Waals surface area contributed by atoms with Crippen molar-refractivity contribution in [1.82, 2.24) is 5.32 Å². The highest BCUT2D eigenvalue weighted by Crippen LogP contribution is 2.34. The van der Waals surface area contributed by atoms with Gasteiger partial charge in [0.25, 0.3) is 5.91 Å². The van der Waals surface area contributed by atoms with E-state index >= 15 is 0 Å². The van der Waals surface area contributed by atoms with Gasteiger partial charge in [0.2, 0.25) is 0 Å². The van der Waals surface area contributed by atoms with Crippen LogP contribution in [0.2, 0.25) is 10.0 Å². The van der Waals surface area contributed by atoms with Gasteiger partial charge in [-0.15, -0.1) is 0 Å². The third kappa shape index (κ3) is 3.91. The van der Waals surface area contributed by atoms with Crippen LogP contribution >= 0.6 is 23.2 Å². The van der Waals surface area contributed by atoms with Gasteiger partial charge in [0.15, 0.2) is 17.3 Å². The highest BCUT2D eigenvalue weighted by Gasteiger charge is 2.17. The first-order chi connectivity index (χ1) is 11.4. The van der Waals surface area contributed by atoms with Crippen LogP contribution in [0.15, 0.2) is 30.3 Å². The molecular weight excluding hydrogens is 356 g/mol. The maximum absolute atomic E-state index is 13.8. The van der Waals surface area contributed by atoms with E-state index in [4.69, 9.17) is 32.7 Å². The molecule has 0 fully saturated rings. The predicted octanol–water partition coefficient (Wildman–Crippen LogP) is 4.64. The second-order valence-corrected chi connectivity index (χ2v) is 5.88. The molecule has 0 heterocycles. The van der Waals surface area contributed by atoms with Crippen LogP contribution in [0.3, 0.4) is 0 Å². The Hall–Kier alpha value is -1.98. The first-order valence-electron chi connectivity index (χ1n) is 7.04. The van der Waals surface area contributed by atoms with E-state index in [1.807, 2.05) is 0 Å². The number of carbonyl (C=O) groups excluding carboxylic acids is 1. The molecule has 2 aromatic rings. The van der Waals surface area contributed by atoms with Crippen LogP contribution in [0, 0.1) is 5.82 Å². The standard InChI is InChI=1S/C17H16Cl2FNO3/c1-9(10-4-5-15(23-2)14(20)8-10)21-17(22)11-6-12(18)16(24-3)13(19)7-11/h4-9H,1-3H3,(H,21,22)/t9-/m1/s1. The molecule has 0 bridgehead atoms. The number of hydrogen-bond donors (Lipinski definition) is 1. The molecule has 0 aliphatic heterocycles. The molecule has 0 aliphatic rings. The number of ether oxygens (including phenoxy) is 2. The fraction of sp³-hybridized carbons (Fsp3) is 0.235. The van der Waals surface area contributed by atoms with Gasteiger partial charge in [0.1, 0.15) is 0 Å². The highest BCUT2D eigenvalue weighted by atomic mass is 35.5. The number of carbonyl (C=O) groups is 1. The summed E-state index contributed by atoms with van der Waals surface area (Å²) in [6.07, 6.45) is 0. The van der Waals surface area contributed by atoms with Crippen LogP contribution < -0.4 is 14.8 Å². The lowest BCUT2D eigenvalue weighted by molar-refractivity contribution is 0.0939. The Morgan fingerprint density at radius 1 is 1.12 bits per heavy atom. The largest absolute Gasteiger partial charge is 0.494 e. The van der Waals surface area contributed by atoms with E-state index in [1.165, 1.54) is 38.5 Å². The molecule has 0 aliphatic carbocycles. The van der Waals surface area contributed by atoms with Crippen molar-refractivity contribution in [3.8, 4) is 11.5 Å². The Morgan fingerprint density at radius 2 is 1.75 bits per heavy atom. The van der Waals surface area contributed by atoms with E-state index in [-0.39, 0.29) is 27.3 Å². The van der Waals surface area contributed by atoms with Gasteiger partial charge in [-0.2, -0.15) is 0 Å². The smallest absolute Gasteiger partial charge is 0.251 e. The number of halogens is 3. The fourth-order valence-corrected chi connectivity index (χ4v) is 2.84. The molecule has 0 aromatic heterocycles. The third-order valence-electron chi connectivity index (χ3n) is 3.49. The van der Waals surface area contributed by atoms with Gasteiger partial charge in [-0.25, -0.2) is 4.39 Å². The van der Waals surface area contributed by atoms with Crippen molar-refractivity contribution >= 4 is 29.1 Å². The van der Waals surface area contributed by atoms with Crippen LogP contribution in [0.4, 0.5) is 4.39 Å². The summed E-state index contributed by atoms with van der Waals surface area (Å²) < 4.78 is 23.7. The van der Waals surface area contributed by atoms with Gasteiger partial charge in [0.05, 0.1) is 30.3 Å². The zero-order valence-corrected chi connectivity index (χ0v) is 14.8. The lowest BCUT2D eigenvalue weighted by atomic mass is 10.1. The Balaban J connectivity index is 2.18.